The molecule has 37 heavy (non-hydrogen) atoms. The van der Waals surface area contributed by atoms with Crippen LogP contribution in [0, 0.1) is 10.1 Å². The Kier molecular flexibility index (Phi) is 6.80. The molecule has 0 spiro atoms. The van der Waals surface area contributed by atoms with Crippen molar-refractivity contribution in [1.82, 2.24) is 14.9 Å². The molecule has 3 aliphatic rings. The molecule has 0 atom stereocenters. The van der Waals surface area contributed by atoms with Gasteiger partial charge in [-0.1, -0.05) is 31.7 Å². The van der Waals surface area contributed by atoms with Gasteiger partial charge in [0.15, 0.2) is 0 Å². The number of anilines is 1. The second-order valence-electron chi connectivity index (χ2n) is 10.6. The van der Waals surface area contributed by atoms with Crippen molar-refractivity contribution in [2.75, 3.05) is 31.1 Å². The molecule has 2 fully saturated rings. The number of carbonyl (C=O) groups is 1. The molecule has 2 aromatic heterocycles. The second kappa shape index (κ2) is 10.4. The standard InChI is InChI=1S/C28H33N5O3S/c34-28(20-10-7-11-21(18-20)33(35)36)32-16-14-31(15-17-32)26-24-22-12-5-2-6-13-23(22)37-27(24)30-25(29-26)19-8-3-1-4-9-19/h7,10-11,18-19H,1-6,8-9,12-17H2. The number of piperazine rings is 1. The van der Waals surface area contributed by atoms with Crippen LogP contribution in [0.3, 0.4) is 0 Å². The number of thiophene rings is 1. The van der Waals surface area contributed by atoms with Crippen LogP contribution < -0.4 is 4.90 Å². The number of benzene rings is 1. The van der Waals surface area contributed by atoms with Gasteiger partial charge in [0.05, 0.1) is 10.3 Å². The minimum atomic E-state index is -0.456. The third-order valence-electron chi connectivity index (χ3n) is 8.20. The largest absolute Gasteiger partial charge is 0.352 e. The van der Waals surface area contributed by atoms with Gasteiger partial charge in [-0.15, -0.1) is 11.3 Å². The number of nitro benzene ring substituents is 1. The van der Waals surface area contributed by atoms with Gasteiger partial charge in [0.1, 0.15) is 16.5 Å². The summed E-state index contributed by atoms with van der Waals surface area (Å²) < 4.78 is 0. The predicted octanol–water partition coefficient (Wildman–Crippen LogP) is 5.88. The van der Waals surface area contributed by atoms with Crippen molar-refractivity contribution >= 4 is 39.0 Å². The monoisotopic (exact) mass is 519 g/mol. The van der Waals surface area contributed by atoms with Crippen molar-refractivity contribution in [2.45, 2.75) is 70.1 Å². The maximum Gasteiger partial charge on any atom is 0.270 e. The third kappa shape index (κ3) is 4.81. The number of aromatic nitrogens is 2. The lowest BCUT2D eigenvalue weighted by Crippen LogP contribution is -2.49. The third-order valence-corrected chi connectivity index (χ3v) is 9.39. The Balaban J connectivity index is 1.29. The number of carbonyl (C=O) groups excluding carboxylic acids is 1. The Bertz CT molecular complexity index is 1320. The summed E-state index contributed by atoms with van der Waals surface area (Å²) >= 11 is 1.88. The van der Waals surface area contributed by atoms with Crippen molar-refractivity contribution in [3.63, 3.8) is 0 Å². The van der Waals surface area contributed by atoms with E-state index in [1.54, 1.807) is 12.1 Å². The molecule has 1 aromatic carbocycles. The summed E-state index contributed by atoms with van der Waals surface area (Å²) in [4.78, 5) is 41.1. The van der Waals surface area contributed by atoms with Crippen LogP contribution in [0.15, 0.2) is 24.3 Å². The zero-order valence-corrected chi connectivity index (χ0v) is 22.0. The van der Waals surface area contributed by atoms with Gasteiger partial charge < -0.3 is 9.80 Å². The van der Waals surface area contributed by atoms with Gasteiger partial charge in [0.2, 0.25) is 0 Å². The fourth-order valence-corrected chi connectivity index (χ4v) is 7.42. The number of hydrogen-bond acceptors (Lipinski definition) is 7. The van der Waals surface area contributed by atoms with Crippen LogP contribution in [0.4, 0.5) is 11.5 Å². The van der Waals surface area contributed by atoms with Crippen LogP contribution in [0.1, 0.15) is 83.9 Å². The summed E-state index contributed by atoms with van der Waals surface area (Å²) in [5.41, 5.74) is 1.77. The Morgan fingerprint density at radius 2 is 1.73 bits per heavy atom. The Morgan fingerprint density at radius 1 is 0.973 bits per heavy atom. The van der Waals surface area contributed by atoms with E-state index in [1.165, 1.54) is 79.3 Å². The van der Waals surface area contributed by atoms with Gasteiger partial charge in [0, 0.05) is 54.7 Å². The number of fused-ring (bicyclic) bond motifs is 3. The Hall–Kier alpha value is -3.07. The van der Waals surface area contributed by atoms with E-state index >= 15 is 0 Å². The quantitative estimate of drug-likeness (QED) is 0.243. The number of amides is 1. The number of rotatable bonds is 4. The van der Waals surface area contributed by atoms with E-state index in [0.717, 1.165) is 29.3 Å². The molecule has 1 saturated heterocycles. The van der Waals surface area contributed by atoms with Crippen LogP contribution >= 0.6 is 11.3 Å². The molecule has 3 aromatic rings. The molecular weight excluding hydrogens is 486 g/mol. The van der Waals surface area contributed by atoms with Crippen molar-refractivity contribution < 1.29 is 9.72 Å². The minimum Gasteiger partial charge on any atom is -0.352 e. The average molecular weight is 520 g/mol. The molecule has 2 aliphatic carbocycles. The highest BCUT2D eigenvalue weighted by Crippen LogP contribution is 2.41. The topological polar surface area (TPSA) is 92.5 Å². The summed E-state index contributed by atoms with van der Waals surface area (Å²) in [5.74, 6) is 2.36. The molecule has 194 valence electrons. The van der Waals surface area contributed by atoms with Crippen LogP contribution in [0.25, 0.3) is 10.2 Å². The van der Waals surface area contributed by atoms with Crippen LogP contribution in [-0.4, -0.2) is 51.9 Å². The fraction of sp³-hybridized carbons (Fsp3) is 0.536. The highest BCUT2D eigenvalue weighted by molar-refractivity contribution is 7.19. The lowest BCUT2D eigenvalue weighted by Gasteiger charge is -2.36. The maximum atomic E-state index is 13.1. The van der Waals surface area contributed by atoms with Gasteiger partial charge in [-0.2, -0.15) is 0 Å². The smallest absolute Gasteiger partial charge is 0.270 e. The second-order valence-corrected chi connectivity index (χ2v) is 11.7. The summed E-state index contributed by atoms with van der Waals surface area (Å²) in [7, 11) is 0. The first-order valence-corrected chi connectivity index (χ1v) is 14.5. The molecule has 0 unspecified atom stereocenters. The molecule has 1 amide bonds. The summed E-state index contributed by atoms with van der Waals surface area (Å²) in [6, 6.07) is 6.03. The zero-order valence-electron chi connectivity index (χ0n) is 21.2. The van der Waals surface area contributed by atoms with Gasteiger partial charge in [-0.05, 0) is 50.2 Å². The van der Waals surface area contributed by atoms with Gasteiger partial charge in [0.25, 0.3) is 11.6 Å². The first kappa shape index (κ1) is 24.3. The van der Waals surface area contributed by atoms with Crippen LogP contribution in [-0.2, 0) is 12.8 Å². The number of aryl methyl sites for hydroxylation is 2. The van der Waals surface area contributed by atoms with Crippen LogP contribution in [0.5, 0.6) is 0 Å². The van der Waals surface area contributed by atoms with E-state index in [4.69, 9.17) is 9.97 Å². The molecule has 0 bridgehead atoms. The molecule has 9 heteroatoms. The molecule has 6 rings (SSSR count). The van der Waals surface area contributed by atoms with Gasteiger partial charge in [-0.3, -0.25) is 14.9 Å². The van der Waals surface area contributed by atoms with E-state index in [-0.39, 0.29) is 11.6 Å². The Morgan fingerprint density at radius 3 is 2.51 bits per heavy atom. The molecule has 0 N–H and O–H groups in total. The van der Waals surface area contributed by atoms with E-state index in [1.807, 2.05) is 16.2 Å². The number of non-ortho nitro benzene ring substituents is 1. The van der Waals surface area contributed by atoms with Crippen molar-refractivity contribution in [3.8, 4) is 0 Å². The number of hydrogen-bond donors (Lipinski definition) is 0. The first-order chi connectivity index (χ1) is 18.1. The van der Waals surface area contributed by atoms with Crippen molar-refractivity contribution in [3.05, 3.63) is 56.2 Å². The summed E-state index contributed by atoms with van der Waals surface area (Å²) in [6.45, 7) is 2.53. The van der Waals surface area contributed by atoms with E-state index in [0.29, 0.717) is 37.7 Å². The van der Waals surface area contributed by atoms with E-state index in [9.17, 15) is 14.9 Å². The lowest BCUT2D eigenvalue weighted by molar-refractivity contribution is -0.384. The van der Waals surface area contributed by atoms with Gasteiger partial charge in [-0.25, -0.2) is 9.97 Å². The molecule has 3 heterocycles. The van der Waals surface area contributed by atoms with Crippen LogP contribution in [0.2, 0.25) is 0 Å². The summed E-state index contributed by atoms with van der Waals surface area (Å²) in [5, 5.41) is 12.4. The average Bonchev–Trinajstić information content (AvgIpc) is 3.13. The first-order valence-electron chi connectivity index (χ1n) is 13.7. The molecule has 1 aliphatic heterocycles. The highest BCUT2D eigenvalue weighted by Gasteiger charge is 2.29. The molecule has 8 nitrogen and oxygen atoms in total. The zero-order chi connectivity index (χ0) is 25.4. The molecular formula is C28H33N5O3S. The van der Waals surface area contributed by atoms with Gasteiger partial charge >= 0.3 is 0 Å². The Labute approximate surface area is 220 Å². The SMILES string of the molecule is O=C(c1cccc([N+](=O)[O-])c1)N1CCN(c2nc(C3CCCCC3)nc3sc4c(c23)CCCCC4)CC1. The molecule has 1 saturated carbocycles. The predicted molar refractivity (Wildman–Crippen MR) is 146 cm³/mol. The van der Waals surface area contributed by atoms with Crippen molar-refractivity contribution in [2.24, 2.45) is 0 Å². The van der Waals surface area contributed by atoms with E-state index < -0.39 is 4.92 Å². The number of nitrogens with zero attached hydrogens (tertiary/aromatic N) is 5. The normalized spacial score (nSPS) is 19.0. The highest BCUT2D eigenvalue weighted by atomic mass is 32.1. The lowest BCUT2D eigenvalue weighted by atomic mass is 9.88. The fourth-order valence-electron chi connectivity index (χ4n) is 6.16. The molecule has 0 radical (unpaired) electrons. The maximum absolute atomic E-state index is 13.1. The number of nitro groups is 1. The minimum absolute atomic E-state index is 0.0544. The van der Waals surface area contributed by atoms with Crippen molar-refractivity contribution in [1.29, 1.82) is 0 Å². The van der Waals surface area contributed by atoms with E-state index in [2.05, 4.69) is 4.90 Å². The summed E-state index contributed by atoms with van der Waals surface area (Å²) in [6.07, 6.45) is 12.1.